The van der Waals surface area contributed by atoms with Crippen LogP contribution in [0.2, 0.25) is 0 Å². The van der Waals surface area contributed by atoms with Crippen LogP contribution >= 0.6 is 0 Å². The lowest BCUT2D eigenvalue weighted by Gasteiger charge is -2.37. The Morgan fingerprint density at radius 3 is 2.55 bits per heavy atom. The molecule has 3 heterocycles. The van der Waals surface area contributed by atoms with Crippen LogP contribution in [0.5, 0.6) is 23.3 Å². The number of carbonyl (C=O) groups excluding carboxylic acids is 1. The minimum absolute atomic E-state index is 0.109. The van der Waals surface area contributed by atoms with E-state index in [1.54, 1.807) is 31.4 Å². The van der Waals surface area contributed by atoms with Crippen LogP contribution in [-0.2, 0) is 9.53 Å². The maximum absolute atomic E-state index is 12.4. The second-order valence-electron chi connectivity index (χ2n) is 8.68. The van der Waals surface area contributed by atoms with Crippen molar-refractivity contribution in [2.45, 2.75) is 20.0 Å². The Labute approximate surface area is 216 Å². The highest BCUT2D eigenvalue weighted by molar-refractivity contribution is 5.79. The summed E-state index contributed by atoms with van der Waals surface area (Å²) < 4.78 is 27.3. The van der Waals surface area contributed by atoms with Gasteiger partial charge in [-0.25, -0.2) is 14.8 Å². The van der Waals surface area contributed by atoms with Gasteiger partial charge in [0.15, 0.2) is 6.61 Å². The van der Waals surface area contributed by atoms with E-state index in [4.69, 9.17) is 23.7 Å². The Bertz CT molecular complexity index is 1490. The third-order valence-corrected chi connectivity index (χ3v) is 5.89. The third kappa shape index (κ3) is 5.28. The van der Waals surface area contributed by atoms with E-state index >= 15 is 0 Å². The summed E-state index contributed by atoms with van der Waals surface area (Å²) in [7, 11) is 1.57. The molecule has 0 aliphatic carbocycles. The quantitative estimate of drug-likeness (QED) is 0.336. The van der Waals surface area contributed by atoms with E-state index in [0.717, 1.165) is 11.1 Å². The van der Waals surface area contributed by atoms with Gasteiger partial charge in [0.2, 0.25) is 5.89 Å². The van der Waals surface area contributed by atoms with Crippen molar-refractivity contribution in [3.63, 3.8) is 0 Å². The molecule has 0 unspecified atom stereocenters. The smallest absolute Gasteiger partial charge is 0.497 e. The summed E-state index contributed by atoms with van der Waals surface area (Å²) in [6.45, 7) is 3.99. The van der Waals surface area contributed by atoms with Crippen molar-refractivity contribution in [3.8, 4) is 34.7 Å². The fourth-order valence-electron chi connectivity index (χ4n) is 4.05. The molecule has 2 aromatic heterocycles. The summed E-state index contributed by atoms with van der Waals surface area (Å²) in [5.74, 6) is 1.85. The van der Waals surface area contributed by atoms with Crippen molar-refractivity contribution in [2.24, 2.45) is 0 Å². The van der Waals surface area contributed by atoms with E-state index in [2.05, 4.69) is 19.7 Å². The molecular formula is C26H24N4O8. The van der Waals surface area contributed by atoms with Crippen LogP contribution in [-0.4, -0.2) is 69.9 Å². The molecule has 12 heteroatoms. The predicted octanol–water partition coefficient (Wildman–Crippen LogP) is 3.99. The fourth-order valence-corrected chi connectivity index (χ4v) is 4.05. The van der Waals surface area contributed by atoms with Gasteiger partial charge in [-0.2, -0.15) is 4.98 Å². The first kappa shape index (κ1) is 24.8. The molecule has 0 atom stereocenters. The van der Waals surface area contributed by atoms with Crippen molar-refractivity contribution >= 4 is 23.3 Å². The van der Waals surface area contributed by atoms with Crippen LogP contribution in [0.3, 0.4) is 0 Å². The van der Waals surface area contributed by atoms with Crippen molar-refractivity contribution in [1.29, 1.82) is 0 Å². The van der Waals surface area contributed by atoms with Gasteiger partial charge in [-0.05, 0) is 49.2 Å². The number of hydrogen-bond donors (Lipinski definition) is 1. The molecule has 0 radical (unpaired) electrons. The number of carbonyl (C=O) groups is 2. The maximum Gasteiger partial charge on any atom is 0.506 e. The van der Waals surface area contributed by atoms with Gasteiger partial charge in [-0.1, -0.05) is 6.07 Å². The largest absolute Gasteiger partial charge is 0.506 e. The predicted molar refractivity (Wildman–Crippen MR) is 133 cm³/mol. The molecule has 1 amide bonds. The zero-order valence-electron chi connectivity index (χ0n) is 20.8. The average molecular weight is 520 g/mol. The van der Waals surface area contributed by atoms with Gasteiger partial charge in [0.25, 0.3) is 11.6 Å². The lowest BCUT2D eigenvalue weighted by molar-refractivity contribution is -0.144. The first-order valence-electron chi connectivity index (χ1n) is 11.7. The first-order valence-corrected chi connectivity index (χ1v) is 11.7. The van der Waals surface area contributed by atoms with E-state index in [1.807, 2.05) is 26.0 Å². The van der Waals surface area contributed by atoms with Crippen LogP contribution < -0.4 is 14.2 Å². The van der Waals surface area contributed by atoms with Crippen LogP contribution in [0.1, 0.15) is 11.1 Å². The van der Waals surface area contributed by atoms with E-state index in [-0.39, 0.29) is 37.3 Å². The number of carboxylic acid groups (broad SMARTS) is 1. The van der Waals surface area contributed by atoms with Gasteiger partial charge in [0.05, 0.1) is 26.4 Å². The molecular weight excluding hydrogens is 496 g/mol. The molecule has 0 spiro atoms. The number of likely N-dealkylation sites (tertiary alicyclic amines) is 1. The van der Waals surface area contributed by atoms with Gasteiger partial charge >= 0.3 is 12.2 Å². The van der Waals surface area contributed by atoms with Crippen LogP contribution in [0, 0.1) is 13.8 Å². The number of benzene rings is 2. The Kier molecular flexibility index (Phi) is 6.69. The lowest BCUT2D eigenvalue weighted by atomic mass is 10.1. The van der Waals surface area contributed by atoms with Crippen LogP contribution in [0.25, 0.3) is 22.7 Å². The molecule has 1 saturated heterocycles. The number of aromatic nitrogens is 3. The van der Waals surface area contributed by atoms with E-state index in [1.165, 1.54) is 11.1 Å². The standard InChI is InChI=1S/C26H24N4O8/c1-14-7-16(8-15(2)22(14)35-13-21(31)30-11-19(12-30)37-26(32)33)23-28-20-10-27-25(29-24(20)38-23)36-18-6-4-5-17(9-18)34-3/h4-10,19H,11-13H2,1-3H3,(H,32,33). The zero-order chi connectivity index (χ0) is 26.8. The molecule has 0 saturated carbocycles. The number of nitrogens with zero attached hydrogens (tertiary/aromatic N) is 4. The highest BCUT2D eigenvalue weighted by Crippen LogP contribution is 2.32. The number of hydrogen-bond acceptors (Lipinski definition) is 10. The molecule has 0 bridgehead atoms. The molecule has 1 aliphatic heterocycles. The number of rotatable bonds is 8. The van der Waals surface area contributed by atoms with Crippen LogP contribution in [0.4, 0.5) is 4.79 Å². The summed E-state index contributed by atoms with van der Waals surface area (Å²) in [6, 6.07) is 10.9. The molecule has 12 nitrogen and oxygen atoms in total. The summed E-state index contributed by atoms with van der Waals surface area (Å²) in [4.78, 5) is 37.4. The molecule has 196 valence electrons. The van der Waals surface area contributed by atoms with Gasteiger partial charge < -0.3 is 33.4 Å². The Balaban J connectivity index is 1.27. The summed E-state index contributed by atoms with van der Waals surface area (Å²) >= 11 is 0. The minimum atomic E-state index is -1.35. The van der Waals surface area contributed by atoms with Crippen LogP contribution in [0.15, 0.2) is 47.0 Å². The number of aryl methyl sites for hydroxylation is 2. The van der Waals surface area contributed by atoms with Crippen molar-refractivity contribution in [1.82, 2.24) is 19.9 Å². The summed E-state index contributed by atoms with van der Waals surface area (Å²) in [5, 5.41) is 8.64. The number of methoxy groups -OCH3 is 1. The molecule has 1 fully saturated rings. The van der Waals surface area contributed by atoms with E-state index in [9.17, 15) is 9.59 Å². The number of oxazole rings is 1. The normalized spacial score (nSPS) is 13.2. The maximum atomic E-state index is 12.4. The molecule has 1 aliphatic rings. The lowest BCUT2D eigenvalue weighted by Crippen LogP contribution is -2.56. The highest BCUT2D eigenvalue weighted by atomic mass is 16.7. The number of ether oxygens (including phenoxy) is 4. The van der Waals surface area contributed by atoms with E-state index in [0.29, 0.717) is 34.2 Å². The Morgan fingerprint density at radius 1 is 1.11 bits per heavy atom. The van der Waals surface area contributed by atoms with E-state index < -0.39 is 12.3 Å². The average Bonchev–Trinajstić information content (AvgIpc) is 3.29. The Hall–Kier alpha value is -4.87. The SMILES string of the molecule is COc1cccc(Oc2ncc3nc(-c4cc(C)c(OCC(=O)N5CC(OC(=O)O)C5)c(C)c4)oc3n2)c1. The van der Waals surface area contributed by atoms with Gasteiger partial charge in [0, 0.05) is 11.6 Å². The molecule has 4 aromatic rings. The summed E-state index contributed by atoms with van der Waals surface area (Å²) in [5.41, 5.74) is 3.04. The Morgan fingerprint density at radius 2 is 1.84 bits per heavy atom. The molecule has 2 aromatic carbocycles. The minimum Gasteiger partial charge on any atom is -0.497 e. The highest BCUT2D eigenvalue weighted by Gasteiger charge is 2.33. The molecule has 1 N–H and O–H groups in total. The molecule has 38 heavy (non-hydrogen) atoms. The van der Waals surface area contributed by atoms with Crippen molar-refractivity contribution in [3.05, 3.63) is 53.7 Å². The first-order chi connectivity index (χ1) is 18.3. The monoisotopic (exact) mass is 520 g/mol. The molecule has 5 rings (SSSR count). The second kappa shape index (κ2) is 10.2. The van der Waals surface area contributed by atoms with Gasteiger partial charge in [0.1, 0.15) is 28.9 Å². The van der Waals surface area contributed by atoms with Gasteiger partial charge in [-0.15, -0.1) is 0 Å². The second-order valence-corrected chi connectivity index (χ2v) is 8.68. The van der Waals surface area contributed by atoms with Crippen molar-refractivity contribution in [2.75, 3.05) is 26.8 Å². The van der Waals surface area contributed by atoms with Crippen molar-refractivity contribution < 1.29 is 38.1 Å². The van der Waals surface area contributed by atoms with Gasteiger partial charge in [-0.3, -0.25) is 4.79 Å². The third-order valence-electron chi connectivity index (χ3n) is 5.89. The number of amides is 1. The fraction of sp³-hybridized carbons (Fsp3) is 0.269. The topological polar surface area (TPSA) is 146 Å². The summed E-state index contributed by atoms with van der Waals surface area (Å²) in [6.07, 6.45) is -0.322. The number of fused-ring (bicyclic) bond motifs is 1. The zero-order valence-corrected chi connectivity index (χ0v) is 20.8.